The number of para-hydroxylation sites is 1. The number of hydrogen-bond acceptors (Lipinski definition) is 5. The summed E-state index contributed by atoms with van der Waals surface area (Å²) in [5.74, 6) is -0.108. The van der Waals surface area contributed by atoms with Gasteiger partial charge in [0.05, 0.1) is 34.8 Å². The minimum atomic E-state index is -4.02. The molecule has 0 heterocycles. The molecule has 3 aromatic rings. The third-order valence-corrected chi connectivity index (χ3v) is 6.79. The molecule has 0 saturated heterocycles. The zero-order valence-corrected chi connectivity index (χ0v) is 18.8. The number of nitrogens with one attached hydrogen (secondary N) is 1. The number of anilines is 1. The molecule has 0 spiro atoms. The Balaban J connectivity index is 2.08. The van der Waals surface area contributed by atoms with Crippen molar-refractivity contribution in [1.82, 2.24) is 0 Å². The lowest BCUT2D eigenvalue weighted by Gasteiger charge is -2.17. The topological polar surface area (TPSA) is 81.7 Å². The summed E-state index contributed by atoms with van der Waals surface area (Å²) in [7, 11) is -1.26. The Morgan fingerprint density at radius 1 is 0.967 bits per heavy atom. The van der Waals surface area contributed by atoms with Crippen LogP contribution in [0.15, 0.2) is 76.1 Å². The molecule has 0 fully saturated rings. The molecule has 6 nitrogen and oxygen atoms in total. The number of halogens is 1. The molecule has 0 unspecified atom stereocenters. The van der Waals surface area contributed by atoms with Gasteiger partial charge in [-0.05, 0) is 51.3 Å². The highest BCUT2D eigenvalue weighted by Gasteiger charge is 2.24. The molecule has 0 aromatic heterocycles. The molecule has 0 aliphatic heterocycles. The first-order valence-corrected chi connectivity index (χ1v) is 11.2. The Labute approximate surface area is 184 Å². The van der Waals surface area contributed by atoms with Crippen LogP contribution in [0.25, 0.3) is 0 Å². The highest BCUT2D eigenvalue weighted by Crippen LogP contribution is 2.35. The number of esters is 1. The molecule has 0 aliphatic rings. The molecular weight excluding hydrogens is 470 g/mol. The molecule has 156 valence electrons. The summed E-state index contributed by atoms with van der Waals surface area (Å²) in [5.41, 5.74) is 1.75. The van der Waals surface area contributed by atoms with Crippen molar-refractivity contribution in [2.45, 2.75) is 11.3 Å². The van der Waals surface area contributed by atoms with Crippen LogP contribution in [0.1, 0.15) is 21.5 Å². The van der Waals surface area contributed by atoms with E-state index in [1.807, 2.05) is 30.3 Å². The van der Waals surface area contributed by atoms with E-state index < -0.39 is 16.0 Å². The second-order valence-corrected chi connectivity index (χ2v) is 8.81. The zero-order chi connectivity index (χ0) is 21.7. The van der Waals surface area contributed by atoms with E-state index in [2.05, 4.69) is 20.7 Å². The van der Waals surface area contributed by atoms with Crippen LogP contribution in [0, 0.1) is 0 Å². The molecule has 3 aromatic carbocycles. The first-order chi connectivity index (χ1) is 14.4. The van der Waals surface area contributed by atoms with Crippen LogP contribution in [0.2, 0.25) is 0 Å². The van der Waals surface area contributed by atoms with Crippen LogP contribution >= 0.6 is 15.9 Å². The first-order valence-electron chi connectivity index (χ1n) is 8.97. The van der Waals surface area contributed by atoms with Gasteiger partial charge in [0.15, 0.2) is 0 Å². The molecule has 0 radical (unpaired) electrons. The molecule has 0 bridgehead atoms. The van der Waals surface area contributed by atoms with Crippen LogP contribution in [-0.4, -0.2) is 28.6 Å². The summed E-state index contributed by atoms with van der Waals surface area (Å²) in [5, 5.41) is 0. The Morgan fingerprint density at radius 3 is 2.30 bits per heavy atom. The molecule has 0 amide bonds. The van der Waals surface area contributed by atoms with Gasteiger partial charge in [0.25, 0.3) is 10.0 Å². The second-order valence-electron chi connectivity index (χ2n) is 6.36. The van der Waals surface area contributed by atoms with Gasteiger partial charge in [-0.15, -0.1) is 0 Å². The standard InChI is InChI=1S/C22H20BrNO5S/c1-28-19-12-13-20(17(21(19)23)14-15-8-4-3-5-9-15)30(26,27)24-18-11-7-6-10-16(18)22(25)29-2/h3-13,24H,14H2,1-2H3. The van der Waals surface area contributed by atoms with Gasteiger partial charge in [-0.25, -0.2) is 13.2 Å². The minimum absolute atomic E-state index is 0.0821. The fourth-order valence-electron chi connectivity index (χ4n) is 3.02. The SMILES string of the molecule is COC(=O)c1ccccc1NS(=O)(=O)c1ccc(OC)c(Br)c1Cc1ccccc1. The lowest BCUT2D eigenvalue weighted by Crippen LogP contribution is -2.18. The number of rotatable bonds is 7. The summed E-state index contributed by atoms with van der Waals surface area (Å²) < 4.78 is 39.8. The minimum Gasteiger partial charge on any atom is -0.496 e. The maximum atomic E-state index is 13.3. The van der Waals surface area contributed by atoms with E-state index in [9.17, 15) is 13.2 Å². The van der Waals surface area contributed by atoms with Crippen molar-refractivity contribution in [3.63, 3.8) is 0 Å². The third-order valence-electron chi connectivity index (χ3n) is 4.47. The first kappa shape index (κ1) is 21.9. The van der Waals surface area contributed by atoms with Gasteiger partial charge in [-0.2, -0.15) is 0 Å². The largest absolute Gasteiger partial charge is 0.496 e. The van der Waals surface area contributed by atoms with Crippen LogP contribution < -0.4 is 9.46 Å². The van der Waals surface area contributed by atoms with Gasteiger partial charge in [0, 0.05) is 6.42 Å². The molecule has 8 heteroatoms. The molecular formula is C22H20BrNO5S. The molecule has 30 heavy (non-hydrogen) atoms. The fourth-order valence-corrected chi connectivity index (χ4v) is 5.12. The number of hydrogen-bond donors (Lipinski definition) is 1. The lowest BCUT2D eigenvalue weighted by molar-refractivity contribution is 0.0602. The van der Waals surface area contributed by atoms with Crippen LogP contribution in [-0.2, 0) is 21.2 Å². The van der Waals surface area contributed by atoms with E-state index in [1.54, 1.807) is 18.2 Å². The van der Waals surface area contributed by atoms with Crippen molar-refractivity contribution in [2.24, 2.45) is 0 Å². The number of carbonyl (C=O) groups is 1. The lowest BCUT2D eigenvalue weighted by atomic mass is 10.0. The highest BCUT2D eigenvalue weighted by molar-refractivity contribution is 9.10. The molecule has 1 N–H and O–H groups in total. The van der Waals surface area contributed by atoms with Crippen molar-refractivity contribution < 1.29 is 22.7 Å². The fraction of sp³-hybridized carbons (Fsp3) is 0.136. The average Bonchev–Trinajstić information content (AvgIpc) is 2.75. The number of carbonyl (C=O) groups excluding carboxylic acids is 1. The van der Waals surface area contributed by atoms with Gasteiger partial charge in [0.1, 0.15) is 5.75 Å². The Hall–Kier alpha value is -2.84. The van der Waals surface area contributed by atoms with Gasteiger partial charge < -0.3 is 9.47 Å². The quantitative estimate of drug-likeness (QED) is 0.489. The van der Waals surface area contributed by atoms with Gasteiger partial charge in [0.2, 0.25) is 0 Å². The van der Waals surface area contributed by atoms with E-state index in [-0.39, 0.29) is 16.1 Å². The van der Waals surface area contributed by atoms with E-state index in [0.717, 1.165) is 5.56 Å². The zero-order valence-electron chi connectivity index (χ0n) is 16.4. The predicted molar refractivity (Wildman–Crippen MR) is 119 cm³/mol. The maximum Gasteiger partial charge on any atom is 0.339 e. The summed E-state index contributed by atoms with van der Waals surface area (Å²) in [6.45, 7) is 0. The molecule has 3 rings (SSSR count). The summed E-state index contributed by atoms with van der Waals surface area (Å²) >= 11 is 3.49. The maximum absolute atomic E-state index is 13.3. The van der Waals surface area contributed by atoms with Crippen molar-refractivity contribution in [3.05, 3.63) is 87.9 Å². The van der Waals surface area contributed by atoms with Crippen LogP contribution in [0.3, 0.4) is 0 Å². The van der Waals surface area contributed by atoms with E-state index >= 15 is 0 Å². The molecule has 0 aliphatic carbocycles. The monoisotopic (exact) mass is 489 g/mol. The average molecular weight is 490 g/mol. The molecule has 0 atom stereocenters. The normalized spacial score (nSPS) is 11.0. The second kappa shape index (κ2) is 9.32. The van der Waals surface area contributed by atoms with Gasteiger partial charge in [-0.3, -0.25) is 4.72 Å². The summed E-state index contributed by atoms with van der Waals surface area (Å²) in [6.07, 6.45) is 0.369. The van der Waals surface area contributed by atoms with Crippen LogP contribution in [0.5, 0.6) is 5.75 Å². The predicted octanol–water partition coefficient (Wildman–Crippen LogP) is 4.64. The number of ether oxygens (including phenoxy) is 2. The Bertz CT molecular complexity index is 1160. The van der Waals surface area contributed by atoms with Crippen molar-refractivity contribution in [3.8, 4) is 5.75 Å². The van der Waals surface area contributed by atoms with E-state index in [1.165, 1.54) is 32.4 Å². The van der Waals surface area contributed by atoms with E-state index in [4.69, 9.17) is 9.47 Å². The summed E-state index contributed by atoms with van der Waals surface area (Å²) in [4.78, 5) is 12.1. The van der Waals surface area contributed by atoms with Gasteiger partial charge >= 0.3 is 5.97 Å². The number of methoxy groups -OCH3 is 2. The van der Waals surface area contributed by atoms with Gasteiger partial charge in [-0.1, -0.05) is 42.5 Å². The van der Waals surface area contributed by atoms with E-state index in [0.29, 0.717) is 22.2 Å². The van der Waals surface area contributed by atoms with Crippen LogP contribution in [0.4, 0.5) is 5.69 Å². The number of sulfonamides is 1. The van der Waals surface area contributed by atoms with Crippen molar-refractivity contribution in [1.29, 1.82) is 0 Å². The Kier molecular flexibility index (Phi) is 6.79. The number of benzene rings is 3. The smallest absolute Gasteiger partial charge is 0.339 e. The summed E-state index contributed by atoms with van der Waals surface area (Å²) in [6, 6.07) is 18.9. The van der Waals surface area contributed by atoms with Crippen molar-refractivity contribution in [2.75, 3.05) is 18.9 Å². The molecule has 0 saturated carbocycles. The Morgan fingerprint density at radius 2 is 1.63 bits per heavy atom. The highest BCUT2D eigenvalue weighted by atomic mass is 79.9. The third kappa shape index (κ3) is 4.66. The van der Waals surface area contributed by atoms with Crippen molar-refractivity contribution >= 4 is 37.6 Å².